The van der Waals surface area contributed by atoms with E-state index in [1.165, 1.54) is 12.1 Å². The highest BCUT2D eigenvalue weighted by atomic mass is 35.5. The minimum absolute atomic E-state index is 0.0362. The number of hydrogen-bond acceptors (Lipinski definition) is 2. The molecule has 0 amide bonds. The van der Waals surface area contributed by atoms with Crippen LogP contribution in [-0.4, -0.2) is 6.61 Å². The van der Waals surface area contributed by atoms with Gasteiger partial charge in [0, 0.05) is 22.7 Å². The van der Waals surface area contributed by atoms with Gasteiger partial charge >= 0.3 is 0 Å². The molecule has 1 aliphatic heterocycles. The van der Waals surface area contributed by atoms with Crippen LogP contribution in [0.5, 0.6) is 5.75 Å². The van der Waals surface area contributed by atoms with E-state index in [1.807, 2.05) is 13.0 Å². The van der Waals surface area contributed by atoms with Crippen molar-refractivity contribution in [3.05, 3.63) is 57.3 Å². The average molecular weight is 326 g/mol. The van der Waals surface area contributed by atoms with E-state index in [2.05, 4.69) is 5.32 Å². The van der Waals surface area contributed by atoms with E-state index in [1.54, 1.807) is 12.1 Å². The fraction of sp³-hybridized carbons (Fsp3) is 0.250. The van der Waals surface area contributed by atoms with Crippen LogP contribution in [0.1, 0.15) is 23.6 Å². The molecule has 3 rings (SSSR count). The van der Waals surface area contributed by atoms with Crippen molar-refractivity contribution in [1.29, 1.82) is 0 Å². The molecule has 0 aliphatic carbocycles. The Balaban J connectivity index is 1.95. The largest absolute Gasteiger partial charge is 0.492 e. The lowest BCUT2D eigenvalue weighted by Gasteiger charge is -2.29. The molecule has 0 saturated carbocycles. The molecule has 1 heterocycles. The minimum Gasteiger partial charge on any atom is -0.492 e. The highest BCUT2D eigenvalue weighted by Crippen LogP contribution is 2.41. The van der Waals surface area contributed by atoms with Crippen LogP contribution in [-0.2, 0) is 0 Å². The molecule has 1 aliphatic rings. The van der Waals surface area contributed by atoms with Crippen LogP contribution in [0, 0.1) is 12.7 Å². The molecule has 110 valence electrons. The van der Waals surface area contributed by atoms with Crippen LogP contribution in [0.15, 0.2) is 30.3 Å². The first-order chi connectivity index (χ1) is 10.0. The number of nitrogens with one attached hydrogen (secondary N) is 1. The summed E-state index contributed by atoms with van der Waals surface area (Å²) in [6.07, 6.45) is 0.792. The standard InChI is InChI=1S/C16H14Cl2FNO/c1-9-6-11(19)2-3-14(9)20-15-4-5-21-16-12(15)7-10(17)8-13(16)18/h2-3,6-8,15,20H,4-5H2,1H3. The number of anilines is 1. The Morgan fingerprint density at radius 1 is 1.24 bits per heavy atom. The van der Waals surface area contributed by atoms with Gasteiger partial charge in [-0.1, -0.05) is 23.2 Å². The van der Waals surface area contributed by atoms with Crippen LogP contribution in [0.25, 0.3) is 0 Å². The second kappa shape index (κ2) is 5.74. The summed E-state index contributed by atoms with van der Waals surface area (Å²) < 4.78 is 18.8. The molecule has 0 radical (unpaired) electrons. The molecule has 5 heteroatoms. The molecular weight excluding hydrogens is 312 g/mol. The Kier molecular flexibility index (Phi) is 3.96. The van der Waals surface area contributed by atoms with E-state index in [0.29, 0.717) is 22.4 Å². The summed E-state index contributed by atoms with van der Waals surface area (Å²) in [5.74, 6) is 0.432. The van der Waals surface area contributed by atoms with E-state index >= 15 is 0 Å². The summed E-state index contributed by atoms with van der Waals surface area (Å²) in [6, 6.07) is 8.26. The van der Waals surface area contributed by atoms with Gasteiger partial charge in [-0.2, -0.15) is 0 Å². The number of ether oxygens (including phenoxy) is 1. The molecule has 1 N–H and O–H groups in total. The van der Waals surface area contributed by atoms with Gasteiger partial charge in [0.05, 0.1) is 17.7 Å². The maximum absolute atomic E-state index is 13.2. The first kappa shape index (κ1) is 14.5. The second-order valence-corrected chi connectivity index (χ2v) is 5.94. The molecule has 0 spiro atoms. The molecule has 0 saturated heterocycles. The lowest BCUT2D eigenvalue weighted by molar-refractivity contribution is 0.274. The molecule has 0 bridgehead atoms. The quantitative estimate of drug-likeness (QED) is 0.800. The summed E-state index contributed by atoms with van der Waals surface area (Å²) in [4.78, 5) is 0. The highest BCUT2D eigenvalue weighted by Gasteiger charge is 2.24. The van der Waals surface area contributed by atoms with Crippen molar-refractivity contribution in [3.63, 3.8) is 0 Å². The zero-order chi connectivity index (χ0) is 15.0. The zero-order valence-corrected chi connectivity index (χ0v) is 12.9. The number of benzene rings is 2. The first-order valence-electron chi connectivity index (χ1n) is 6.69. The maximum Gasteiger partial charge on any atom is 0.143 e. The molecule has 0 fully saturated rings. The Labute approximate surface area is 132 Å². The Morgan fingerprint density at radius 3 is 2.81 bits per heavy atom. The van der Waals surface area contributed by atoms with E-state index in [9.17, 15) is 4.39 Å². The lowest BCUT2D eigenvalue weighted by atomic mass is 9.99. The third-order valence-electron chi connectivity index (χ3n) is 3.58. The fourth-order valence-corrected chi connectivity index (χ4v) is 3.12. The molecule has 2 nitrogen and oxygen atoms in total. The normalized spacial score (nSPS) is 17.0. The molecule has 1 atom stereocenters. The second-order valence-electron chi connectivity index (χ2n) is 5.10. The van der Waals surface area contributed by atoms with Crippen LogP contribution >= 0.6 is 23.2 Å². The summed E-state index contributed by atoms with van der Waals surface area (Å²) in [6.45, 7) is 2.45. The maximum atomic E-state index is 13.2. The molecule has 21 heavy (non-hydrogen) atoms. The lowest BCUT2D eigenvalue weighted by Crippen LogP contribution is -2.21. The van der Waals surface area contributed by atoms with E-state index in [4.69, 9.17) is 27.9 Å². The fourth-order valence-electron chi connectivity index (χ4n) is 2.55. The van der Waals surface area contributed by atoms with Crippen molar-refractivity contribution in [3.8, 4) is 5.75 Å². The van der Waals surface area contributed by atoms with Gasteiger partial charge in [0.25, 0.3) is 0 Å². The van der Waals surface area contributed by atoms with Crippen molar-refractivity contribution in [2.24, 2.45) is 0 Å². The average Bonchev–Trinajstić information content (AvgIpc) is 2.42. The van der Waals surface area contributed by atoms with Crippen molar-refractivity contribution in [2.75, 3.05) is 11.9 Å². The Hall–Kier alpha value is -1.45. The third kappa shape index (κ3) is 2.94. The molecule has 0 aromatic heterocycles. The smallest absolute Gasteiger partial charge is 0.143 e. The number of hydrogen-bond donors (Lipinski definition) is 1. The highest BCUT2D eigenvalue weighted by molar-refractivity contribution is 6.35. The van der Waals surface area contributed by atoms with Gasteiger partial charge in [0.15, 0.2) is 0 Å². The topological polar surface area (TPSA) is 21.3 Å². The summed E-state index contributed by atoms with van der Waals surface area (Å²) in [5, 5.41) is 4.51. The monoisotopic (exact) mass is 325 g/mol. The zero-order valence-electron chi connectivity index (χ0n) is 11.4. The summed E-state index contributed by atoms with van der Waals surface area (Å²) >= 11 is 12.3. The predicted molar refractivity (Wildman–Crippen MR) is 84.1 cm³/mol. The molecule has 1 unspecified atom stereocenters. The Morgan fingerprint density at radius 2 is 2.05 bits per heavy atom. The number of aryl methyl sites for hydroxylation is 1. The van der Waals surface area contributed by atoms with E-state index in [0.717, 1.165) is 23.2 Å². The number of halogens is 3. The van der Waals surface area contributed by atoms with Gasteiger partial charge in [-0.25, -0.2) is 4.39 Å². The van der Waals surface area contributed by atoms with Crippen LogP contribution in [0.3, 0.4) is 0 Å². The number of fused-ring (bicyclic) bond motifs is 1. The van der Waals surface area contributed by atoms with Gasteiger partial charge in [-0.15, -0.1) is 0 Å². The van der Waals surface area contributed by atoms with E-state index in [-0.39, 0.29) is 11.9 Å². The van der Waals surface area contributed by atoms with Crippen molar-refractivity contribution >= 4 is 28.9 Å². The Bertz CT molecular complexity index is 690. The summed E-state index contributed by atoms with van der Waals surface area (Å²) in [5.41, 5.74) is 2.68. The molecule has 2 aromatic carbocycles. The van der Waals surface area contributed by atoms with Crippen LogP contribution < -0.4 is 10.1 Å². The first-order valence-corrected chi connectivity index (χ1v) is 7.44. The van der Waals surface area contributed by atoms with E-state index < -0.39 is 0 Å². The summed E-state index contributed by atoms with van der Waals surface area (Å²) in [7, 11) is 0. The van der Waals surface area contributed by atoms with Crippen LogP contribution in [0.2, 0.25) is 10.0 Å². The third-order valence-corrected chi connectivity index (χ3v) is 4.08. The predicted octanol–water partition coefficient (Wildman–Crippen LogP) is 5.38. The van der Waals surface area contributed by atoms with Gasteiger partial charge in [0.2, 0.25) is 0 Å². The number of rotatable bonds is 2. The SMILES string of the molecule is Cc1cc(F)ccc1NC1CCOc2c(Cl)cc(Cl)cc21. The van der Waals surface area contributed by atoms with Gasteiger partial charge in [-0.05, 0) is 42.8 Å². The van der Waals surface area contributed by atoms with Gasteiger partial charge in [-0.3, -0.25) is 0 Å². The minimum atomic E-state index is -0.239. The van der Waals surface area contributed by atoms with Gasteiger partial charge < -0.3 is 10.1 Å². The van der Waals surface area contributed by atoms with Crippen molar-refractivity contribution in [1.82, 2.24) is 0 Å². The molecular formula is C16H14Cl2FNO. The van der Waals surface area contributed by atoms with Crippen molar-refractivity contribution < 1.29 is 9.13 Å². The van der Waals surface area contributed by atoms with Crippen LogP contribution in [0.4, 0.5) is 10.1 Å². The van der Waals surface area contributed by atoms with Crippen molar-refractivity contribution in [2.45, 2.75) is 19.4 Å². The van der Waals surface area contributed by atoms with Gasteiger partial charge in [0.1, 0.15) is 11.6 Å². The molecule has 2 aromatic rings.